The van der Waals surface area contributed by atoms with Gasteiger partial charge in [-0.05, 0) is 18.2 Å². The van der Waals surface area contributed by atoms with Crippen LogP contribution >= 0.6 is 23.2 Å². The zero-order valence-electron chi connectivity index (χ0n) is 10.2. The molecule has 2 aromatic rings. The monoisotopic (exact) mass is 298 g/mol. The zero-order chi connectivity index (χ0) is 13.8. The summed E-state index contributed by atoms with van der Waals surface area (Å²) < 4.78 is 1.64. The average Bonchev–Trinajstić information content (AvgIpc) is 2.77. The molecule has 0 unspecified atom stereocenters. The van der Waals surface area contributed by atoms with E-state index < -0.39 is 0 Å². The molecule has 100 valence electrons. The van der Waals surface area contributed by atoms with Gasteiger partial charge in [-0.25, -0.2) is 9.67 Å². The van der Waals surface area contributed by atoms with Crippen molar-refractivity contribution in [2.75, 3.05) is 6.54 Å². The van der Waals surface area contributed by atoms with Crippen molar-refractivity contribution in [2.45, 2.75) is 13.3 Å². The van der Waals surface area contributed by atoms with Gasteiger partial charge in [0.2, 0.25) is 5.91 Å². The first-order valence-electron chi connectivity index (χ1n) is 5.66. The van der Waals surface area contributed by atoms with E-state index >= 15 is 0 Å². The summed E-state index contributed by atoms with van der Waals surface area (Å²) >= 11 is 12.0. The van der Waals surface area contributed by atoms with Crippen LogP contribution in [0.25, 0.3) is 5.69 Å². The van der Waals surface area contributed by atoms with Gasteiger partial charge in [0.25, 0.3) is 0 Å². The van der Waals surface area contributed by atoms with Crippen LogP contribution in [-0.2, 0) is 11.2 Å². The molecule has 1 aromatic carbocycles. The first-order valence-corrected chi connectivity index (χ1v) is 6.42. The highest BCUT2D eigenvalue weighted by Crippen LogP contribution is 2.24. The lowest BCUT2D eigenvalue weighted by Gasteiger charge is -2.08. The van der Waals surface area contributed by atoms with Gasteiger partial charge in [0, 0.05) is 24.9 Å². The number of carbonyl (C=O) groups is 1. The summed E-state index contributed by atoms with van der Waals surface area (Å²) in [5.74, 6) is 0.647. The molecule has 0 aliphatic heterocycles. The first-order chi connectivity index (χ1) is 9.08. The Hall–Kier alpha value is -1.59. The number of halogens is 2. The van der Waals surface area contributed by atoms with E-state index in [2.05, 4.69) is 15.4 Å². The van der Waals surface area contributed by atoms with E-state index in [1.807, 2.05) is 0 Å². The maximum atomic E-state index is 10.8. The Kier molecular flexibility index (Phi) is 4.39. The number of nitrogens with one attached hydrogen (secondary N) is 1. The van der Waals surface area contributed by atoms with Crippen LogP contribution in [0.15, 0.2) is 24.5 Å². The molecule has 0 bridgehead atoms. The molecule has 0 fully saturated rings. The molecule has 1 heterocycles. The van der Waals surface area contributed by atoms with Crippen LogP contribution in [0.4, 0.5) is 0 Å². The van der Waals surface area contributed by atoms with Crippen LogP contribution < -0.4 is 5.32 Å². The second kappa shape index (κ2) is 6.04. The summed E-state index contributed by atoms with van der Waals surface area (Å²) in [5, 5.41) is 7.91. The molecule has 5 nitrogen and oxygen atoms in total. The number of hydrogen-bond acceptors (Lipinski definition) is 3. The molecule has 2 rings (SSSR count). The van der Waals surface area contributed by atoms with Crippen molar-refractivity contribution in [1.82, 2.24) is 20.1 Å². The minimum atomic E-state index is -0.0735. The SMILES string of the molecule is CC(=O)NCCc1ncnn1-c1ccc(Cl)cc1Cl. The molecule has 7 heteroatoms. The van der Waals surface area contributed by atoms with E-state index in [0.29, 0.717) is 28.7 Å². The number of hydrogen-bond donors (Lipinski definition) is 1. The molecule has 0 aliphatic rings. The van der Waals surface area contributed by atoms with Gasteiger partial charge in [-0.15, -0.1) is 0 Å². The average molecular weight is 299 g/mol. The van der Waals surface area contributed by atoms with Crippen molar-refractivity contribution in [3.05, 3.63) is 40.4 Å². The maximum absolute atomic E-state index is 10.8. The molecule has 0 spiro atoms. The third-order valence-electron chi connectivity index (χ3n) is 2.48. The second-order valence-corrected chi connectivity index (χ2v) is 4.76. The van der Waals surface area contributed by atoms with E-state index in [1.54, 1.807) is 22.9 Å². The van der Waals surface area contributed by atoms with Crippen molar-refractivity contribution in [2.24, 2.45) is 0 Å². The summed E-state index contributed by atoms with van der Waals surface area (Å²) in [6, 6.07) is 5.17. The van der Waals surface area contributed by atoms with E-state index in [4.69, 9.17) is 23.2 Å². The number of carbonyl (C=O) groups excluding carboxylic acids is 1. The van der Waals surface area contributed by atoms with Gasteiger partial charge in [0.05, 0.1) is 10.7 Å². The van der Waals surface area contributed by atoms with Crippen molar-refractivity contribution in [1.29, 1.82) is 0 Å². The third-order valence-corrected chi connectivity index (χ3v) is 3.02. The van der Waals surface area contributed by atoms with Crippen molar-refractivity contribution in [3.8, 4) is 5.69 Å². The van der Waals surface area contributed by atoms with Crippen LogP contribution in [0, 0.1) is 0 Å². The van der Waals surface area contributed by atoms with Crippen LogP contribution in [-0.4, -0.2) is 27.2 Å². The van der Waals surface area contributed by atoms with Crippen LogP contribution in [0.3, 0.4) is 0 Å². The summed E-state index contributed by atoms with van der Waals surface area (Å²) in [6.07, 6.45) is 2.02. The molecular weight excluding hydrogens is 287 g/mol. The van der Waals surface area contributed by atoms with Crippen LogP contribution in [0.2, 0.25) is 10.0 Å². The maximum Gasteiger partial charge on any atom is 0.216 e. The number of amides is 1. The fraction of sp³-hybridized carbons (Fsp3) is 0.250. The highest BCUT2D eigenvalue weighted by molar-refractivity contribution is 6.35. The minimum Gasteiger partial charge on any atom is -0.356 e. The van der Waals surface area contributed by atoms with Crippen molar-refractivity contribution in [3.63, 3.8) is 0 Å². The number of benzene rings is 1. The van der Waals surface area contributed by atoms with Gasteiger partial charge in [-0.1, -0.05) is 23.2 Å². The largest absolute Gasteiger partial charge is 0.356 e. The van der Waals surface area contributed by atoms with E-state index in [1.165, 1.54) is 13.3 Å². The highest BCUT2D eigenvalue weighted by atomic mass is 35.5. The molecule has 0 radical (unpaired) electrons. The number of nitrogens with zero attached hydrogens (tertiary/aromatic N) is 3. The molecule has 0 aliphatic carbocycles. The highest BCUT2D eigenvalue weighted by Gasteiger charge is 2.10. The summed E-state index contributed by atoms with van der Waals surface area (Å²) in [7, 11) is 0. The fourth-order valence-electron chi connectivity index (χ4n) is 1.64. The van der Waals surface area contributed by atoms with E-state index in [-0.39, 0.29) is 5.91 Å². The Labute approximate surface area is 120 Å². The zero-order valence-corrected chi connectivity index (χ0v) is 11.7. The summed E-state index contributed by atoms with van der Waals surface area (Å²) in [6.45, 7) is 1.97. The predicted molar refractivity (Wildman–Crippen MR) is 73.8 cm³/mol. The second-order valence-electron chi connectivity index (χ2n) is 3.92. The van der Waals surface area contributed by atoms with Gasteiger partial charge in [-0.2, -0.15) is 5.10 Å². The summed E-state index contributed by atoms with van der Waals surface area (Å²) in [4.78, 5) is 15.0. The molecular formula is C12H12Cl2N4O. The smallest absolute Gasteiger partial charge is 0.216 e. The molecule has 0 saturated heterocycles. The Morgan fingerprint density at radius 2 is 2.21 bits per heavy atom. The minimum absolute atomic E-state index is 0.0735. The van der Waals surface area contributed by atoms with Gasteiger partial charge < -0.3 is 5.32 Å². The molecule has 1 amide bonds. The lowest BCUT2D eigenvalue weighted by Crippen LogP contribution is -2.23. The van der Waals surface area contributed by atoms with Gasteiger partial charge in [0.1, 0.15) is 12.2 Å². The van der Waals surface area contributed by atoms with Crippen LogP contribution in [0.1, 0.15) is 12.7 Å². The first kappa shape index (κ1) is 13.8. The van der Waals surface area contributed by atoms with Crippen LogP contribution in [0.5, 0.6) is 0 Å². The lowest BCUT2D eigenvalue weighted by atomic mass is 10.3. The topological polar surface area (TPSA) is 59.8 Å². The normalized spacial score (nSPS) is 10.5. The van der Waals surface area contributed by atoms with Crippen molar-refractivity contribution < 1.29 is 4.79 Å². The Bertz CT molecular complexity index is 597. The van der Waals surface area contributed by atoms with E-state index in [0.717, 1.165) is 5.82 Å². The van der Waals surface area contributed by atoms with E-state index in [9.17, 15) is 4.79 Å². The Balaban J connectivity index is 2.21. The number of aromatic nitrogens is 3. The quantitative estimate of drug-likeness (QED) is 0.942. The fourth-order valence-corrected chi connectivity index (χ4v) is 2.13. The van der Waals surface area contributed by atoms with Gasteiger partial charge in [0.15, 0.2) is 0 Å². The van der Waals surface area contributed by atoms with Crippen molar-refractivity contribution >= 4 is 29.1 Å². The molecule has 1 N–H and O–H groups in total. The third kappa shape index (κ3) is 3.45. The Morgan fingerprint density at radius 1 is 1.42 bits per heavy atom. The molecule has 19 heavy (non-hydrogen) atoms. The standard InChI is InChI=1S/C12H12Cl2N4O/c1-8(19)15-5-4-12-16-7-17-18(12)11-3-2-9(13)6-10(11)14/h2-3,6-7H,4-5H2,1H3,(H,15,19). The Morgan fingerprint density at radius 3 is 2.89 bits per heavy atom. The molecule has 0 atom stereocenters. The van der Waals surface area contributed by atoms with Gasteiger partial charge in [-0.3, -0.25) is 4.79 Å². The number of rotatable bonds is 4. The molecule has 0 saturated carbocycles. The predicted octanol–water partition coefficient (Wildman–Crippen LogP) is 2.25. The van der Waals surface area contributed by atoms with Gasteiger partial charge >= 0.3 is 0 Å². The lowest BCUT2D eigenvalue weighted by molar-refractivity contribution is -0.118. The summed E-state index contributed by atoms with van der Waals surface area (Å²) in [5.41, 5.74) is 0.710. The molecule has 1 aromatic heterocycles.